The summed E-state index contributed by atoms with van der Waals surface area (Å²) in [5.74, 6) is 1.60. The molecule has 1 aliphatic rings. The summed E-state index contributed by atoms with van der Waals surface area (Å²) in [7, 11) is 0. The molecule has 0 atom stereocenters. The van der Waals surface area contributed by atoms with Crippen molar-refractivity contribution < 1.29 is 13.9 Å². The summed E-state index contributed by atoms with van der Waals surface area (Å²) in [6.07, 6.45) is 3.62. The molecule has 4 nitrogen and oxygen atoms in total. The summed E-state index contributed by atoms with van der Waals surface area (Å²) >= 11 is 0. The summed E-state index contributed by atoms with van der Waals surface area (Å²) < 4.78 is 24.6. The van der Waals surface area contributed by atoms with Crippen LogP contribution in [0.3, 0.4) is 0 Å². The summed E-state index contributed by atoms with van der Waals surface area (Å²) in [5.41, 5.74) is 0.601. The number of nitrogens with one attached hydrogen (secondary N) is 1. The van der Waals surface area contributed by atoms with Crippen LogP contribution in [0.25, 0.3) is 0 Å². The molecule has 2 heterocycles. The molecule has 0 amide bonds. The summed E-state index contributed by atoms with van der Waals surface area (Å²) in [4.78, 5) is 4.30. The quantitative estimate of drug-likeness (QED) is 0.930. The molecule has 0 aliphatic carbocycles. The normalized spacial score (nSPS) is 15.5. The fourth-order valence-electron chi connectivity index (χ4n) is 2.38. The van der Waals surface area contributed by atoms with Crippen LogP contribution >= 0.6 is 0 Å². The van der Waals surface area contributed by atoms with Gasteiger partial charge < -0.3 is 14.8 Å². The lowest BCUT2D eigenvalue weighted by atomic mass is 10.1. The molecule has 1 aromatic carbocycles. The van der Waals surface area contributed by atoms with E-state index in [4.69, 9.17) is 9.47 Å². The predicted molar refractivity (Wildman–Crippen MR) is 82.9 cm³/mol. The molecule has 116 valence electrons. The maximum absolute atomic E-state index is 13.6. The highest BCUT2D eigenvalue weighted by molar-refractivity contribution is 5.43. The lowest BCUT2D eigenvalue weighted by Crippen LogP contribution is -2.28. The molecule has 0 bridgehead atoms. The zero-order valence-corrected chi connectivity index (χ0v) is 12.5. The number of ether oxygens (including phenoxy) is 2. The van der Waals surface area contributed by atoms with Crippen molar-refractivity contribution in [3.8, 4) is 11.5 Å². The Morgan fingerprint density at radius 1 is 1.18 bits per heavy atom. The number of nitrogens with zero attached hydrogens (tertiary/aromatic N) is 1. The van der Waals surface area contributed by atoms with Crippen molar-refractivity contribution in [1.82, 2.24) is 4.98 Å². The van der Waals surface area contributed by atoms with Crippen molar-refractivity contribution in [2.24, 2.45) is 0 Å². The Labute approximate surface area is 129 Å². The van der Waals surface area contributed by atoms with Gasteiger partial charge in [-0.05, 0) is 37.5 Å². The molecule has 22 heavy (non-hydrogen) atoms. The minimum absolute atomic E-state index is 0.271. The Morgan fingerprint density at radius 3 is 2.73 bits per heavy atom. The molecule has 0 spiro atoms. The van der Waals surface area contributed by atoms with E-state index in [0.717, 1.165) is 31.9 Å². The van der Waals surface area contributed by atoms with Gasteiger partial charge in [0, 0.05) is 37.6 Å². The van der Waals surface area contributed by atoms with Crippen LogP contribution in [-0.2, 0) is 4.74 Å². The first-order valence-corrected chi connectivity index (χ1v) is 7.45. The average Bonchev–Trinajstić information content (AvgIpc) is 2.52. The van der Waals surface area contributed by atoms with E-state index in [1.54, 1.807) is 31.3 Å². The molecule has 1 aliphatic heterocycles. The first kappa shape index (κ1) is 14.8. The third kappa shape index (κ3) is 3.74. The van der Waals surface area contributed by atoms with E-state index in [1.807, 2.05) is 6.07 Å². The lowest BCUT2D eigenvalue weighted by molar-refractivity contribution is 0.0904. The van der Waals surface area contributed by atoms with Gasteiger partial charge in [-0.3, -0.25) is 0 Å². The molecule has 1 saturated heterocycles. The van der Waals surface area contributed by atoms with Crippen LogP contribution in [0.4, 0.5) is 10.2 Å². The summed E-state index contributed by atoms with van der Waals surface area (Å²) in [6.45, 7) is 3.27. The molecule has 0 radical (unpaired) electrons. The Morgan fingerprint density at radius 2 is 1.95 bits per heavy atom. The number of hydrogen-bond acceptors (Lipinski definition) is 4. The highest BCUT2D eigenvalue weighted by Gasteiger charge is 2.14. The van der Waals surface area contributed by atoms with Gasteiger partial charge in [-0.15, -0.1) is 0 Å². The molecule has 1 fully saturated rings. The Hall–Kier alpha value is -2.14. The molecule has 2 aromatic rings. The van der Waals surface area contributed by atoms with E-state index in [9.17, 15) is 4.39 Å². The second kappa shape index (κ2) is 6.75. The second-order valence-electron chi connectivity index (χ2n) is 5.42. The topological polar surface area (TPSA) is 43.4 Å². The summed E-state index contributed by atoms with van der Waals surface area (Å²) in [6, 6.07) is 8.80. The van der Waals surface area contributed by atoms with Crippen LogP contribution < -0.4 is 10.1 Å². The van der Waals surface area contributed by atoms with Gasteiger partial charge in [0.05, 0.1) is 0 Å². The van der Waals surface area contributed by atoms with Gasteiger partial charge in [0.25, 0.3) is 0 Å². The average molecular weight is 302 g/mol. The molecule has 3 rings (SSSR count). The van der Waals surface area contributed by atoms with Crippen LogP contribution in [0.1, 0.15) is 18.4 Å². The zero-order valence-electron chi connectivity index (χ0n) is 12.5. The van der Waals surface area contributed by atoms with Gasteiger partial charge in [0.2, 0.25) is 0 Å². The maximum atomic E-state index is 13.6. The van der Waals surface area contributed by atoms with Crippen molar-refractivity contribution in [3.63, 3.8) is 0 Å². The van der Waals surface area contributed by atoms with Crippen LogP contribution in [0, 0.1) is 12.7 Å². The van der Waals surface area contributed by atoms with Gasteiger partial charge in [-0.2, -0.15) is 0 Å². The second-order valence-corrected chi connectivity index (χ2v) is 5.42. The number of pyridine rings is 1. The molecule has 1 N–H and O–H groups in total. The van der Waals surface area contributed by atoms with Crippen molar-refractivity contribution in [2.45, 2.75) is 25.8 Å². The third-order valence-electron chi connectivity index (χ3n) is 3.68. The Balaban J connectivity index is 1.68. The van der Waals surface area contributed by atoms with Crippen LogP contribution in [0.2, 0.25) is 0 Å². The van der Waals surface area contributed by atoms with E-state index >= 15 is 0 Å². The molecule has 5 heteroatoms. The number of aryl methyl sites for hydroxylation is 1. The number of rotatable bonds is 4. The van der Waals surface area contributed by atoms with E-state index < -0.39 is 0 Å². The SMILES string of the molecule is Cc1ccc(Oc2ccnc(NC3CCOCC3)c2)cc1F. The van der Waals surface area contributed by atoms with Crippen molar-refractivity contribution in [3.05, 3.63) is 47.9 Å². The molecular weight excluding hydrogens is 283 g/mol. The molecule has 0 unspecified atom stereocenters. The Bertz CT molecular complexity index is 642. The summed E-state index contributed by atoms with van der Waals surface area (Å²) in [5, 5.41) is 3.38. The van der Waals surface area contributed by atoms with Gasteiger partial charge >= 0.3 is 0 Å². The standard InChI is InChI=1S/C17H19FN2O2/c1-12-2-3-14(10-16(12)18)22-15-4-7-19-17(11-15)20-13-5-8-21-9-6-13/h2-4,7,10-11,13H,5-6,8-9H2,1H3,(H,19,20). The fraction of sp³-hybridized carbons (Fsp3) is 0.353. The minimum Gasteiger partial charge on any atom is -0.457 e. The highest BCUT2D eigenvalue weighted by atomic mass is 19.1. The van der Waals surface area contributed by atoms with E-state index in [1.165, 1.54) is 6.07 Å². The number of anilines is 1. The van der Waals surface area contributed by atoms with Gasteiger partial charge in [0.15, 0.2) is 0 Å². The first-order chi connectivity index (χ1) is 10.7. The van der Waals surface area contributed by atoms with Crippen molar-refractivity contribution in [1.29, 1.82) is 0 Å². The van der Waals surface area contributed by atoms with Crippen LogP contribution in [0.15, 0.2) is 36.5 Å². The number of hydrogen-bond donors (Lipinski definition) is 1. The van der Waals surface area contributed by atoms with E-state index in [0.29, 0.717) is 23.1 Å². The van der Waals surface area contributed by atoms with Crippen molar-refractivity contribution in [2.75, 3.05) is 18.5 Å². The first-order valence-electron chi connectivity index (χ1n) is 7.45. The van der Waals surface area contributed by atoms with Crippen LogP contribution in [-0.4, -0.2) is 24.2 Å². The van der Waals surface area contributed by atoms with Gasteiger partial charge in [-0.1, -0.05) is 6.07 Å². The fourth-order valence-corrected chi connectivity index (χ4v) is 2.38. The highest BCUT2D eigenvalue weighted by Crippen LogP contribution is 2.25. The van der Waals surface area contributed by atoms with Gasteiger partial charge in [0.1, 0.15) is 23.1 Å². The molecular formula is C17H19FN2O2. The number of halogens is 1. The Kier molecular flexibility index (Phi) is 4.53. The maximum Gasteiger partial charge on any atom is 0.132 e. The number of benzene rings is 1. The molecule has 1 aromatic heterocycles. The van der Waals surface area contributed by atoms with Crippen LogP contribution in [0.5, 0.6) is 11.5 Å². The van der Waals surface area contributed by atoms with E-state index in [2.05, 4.69) is 10.3 Å². The monoisotopic (exact) mass is 302 g/mol. The predicted octanol–water partition coefficient (Wildman–Crippen LogP) is 3.91. The van der Waals surface area contributed by atoms with Crippen molar-refractivity contribution >= 4 is 5.82 Å². The number of aromatic nitrogens is 1. The smallest absolute Gasteiger partial charge is 0.132 e. The molecule has 0 saturated carbocycles. The zero-order chi connectivity index (χ0) is 15.4. The third-order valence-corrected chi connectivity index (χ3v) is 3.68. The van der Waals surface area contributed by atoms with E-state index in [-0.39, 0.29) is 5.82 Å². The lowest BCUT2D eigenvalue weighted by Gasteiger charge is -2.23. The minimum atomic E-state index is -0.271. The van der Waals surface area contributed by atoms with Gasteiger partial charge in [-0.25, -0.2) is 9.37 Å². The largest absolute Gasteiger partial charge is 0.457 e.